The van der Waals surface area contributed by atoms with Crippen LogP contribution >= 0.6 is 22.9 Å². The maximum Gasteiger partial charge on any atom is 0.186 e. The van der Waals surface area contributed by atoms with Gasteiger partial charge in [-0.2, -0.15) is 0 Å². The lowest BCUT2D eigenvalue weighted by Crippen LogP contribution is -2.31. The van der Waals surface area contributed by atoms with Gasteiger partial charge in [0, 0.05) is 12.4 Å². The number of aliphatic hydroxyl groups excluding tert-OH is 1. The van der Waals surface area contributed by atoms with Crippen LogP contribution in [-0.4, -0.2) is 29.8 Å². The second-order valence-electron chi connectivity index (χ2n) is 2.60. The molecule has 1 unspecified atom stereocenters. The number of aliphatic hydroxyl groups is 1. The number of hydrogen-bond acceptors (Lipinski definition) is 4. The summed E-state index contributed by atoms with van der Waals surface area (Å²) in [6.45, 7) is 2.04. The Kier molecular flexibility index (Phi) is 3.31. The molecule has 0 aromatic carbocycles. The van der Waals surface area contributed by atoms with Crippen LogP contribution in [0.4, 0.5) is 5.13 Å². The summed E-state index contributed by atoms with van der Waals surface area (Å²) in [7, 11) is 1.88. The summed E-state index contributed by atoms with van der Waals surface area (Å²) in [5.41, 5.74) is 0. The fourth-order valence-electron chi connectivity index (χ4n) is 0.718. The Morgan fingerprint density at radius 1 is 1.83 bits per heavy atom. The molecule has 1 rings (SSSR count). The first kappa shape index (κ1) is 9.77. The maximum absolute atomic E-state index is 8.88. The zero-order valence-electron chi connectivity index (χ0n) is 6.99. The lowest BCUT2D eigenvalue weighted by molar-refractivity contribution is 0.270. The SMILES string of the molecule is CC(CO)N(C)c1nc(Cl)cs1. The van der Waals surface area contributed by atoms with Crippen molar-refractivity contribution in [3.63, 3.8) is 0 Å². The molecule has 68 valence electrons. The Hall–Kier alpha value is -0.320. The fourth-order valence-corrected chi connectivity index (χ4v) is 1.73. The third-order valence-electron chi connectivity index (χ3n) is 1.69. The Balaban J connectivity index is 2.70. The summed E-state index contributed by atoms with van der Waals surface area (Å²) in [6, 6.07) is 0.0761. The molecule has 0 saturated heterocycles. The van der Waals surface area contributed by atoms with Crippen LogP contribution in [0.2, 0.25) is 5.15 Å². The van der Waals surface area contributed by atoms with E-state index in [0.717, 1.165) is 5.13 Å². The molecule has 1 atom stereocenters. The van der Waals surface area contributed by atoms with Crippen LogP contribution in [0.25, 0.3) is 0 Å². The van der Waals surface area contributed by atoms with Gasteiger partial charge in [0.15, 0.2) is 5.13 Å². The summed E-state index contributed by atoms with van der Waals surface area (Å²) in [5.74, 6) is 0. The molecule has 0 aliphatic rings. The number of anilines is 1. The summed E-state index contributed by atoms with van der Waals surface area (Å²) < 4.78 is 0. The smallest absolute Gasteiger partial charge is 0.186 e. The van der Waals surface area contributed by atoms with Crippen LogP contribution in [0.15, 0.2) is 5.38 Å². The first-order valence-corrected chi connectivity index (χ1v) is 4.85. The van der Waals surface area contributed by atoms with E-state index >= 15 is 0 Å². The third kappa shape index (κ3) is 2.09. The minimum absolute atomic E-state index is 0.0761. The zero-order chi connectivity index (χ0) is 9.14. The van der Waals surface area contributed by atoms with E-state index in [0.29, 0.717) is 5.15 Å². The van der Waals surface area contributed by atoms with Gasteiger partial charge < -0.3 is 10.0 Å². The van der Waals surface area contributed by atoms with Crippen molar-refractivity contribution in [3.8, 4) is 0 Å². The topological polar surface area (TPSA) is 36.4 Å². The average molecular weight is 207 g/mol. The molecule has 3 nitrogen and oxygen atoms in total. The molecule has 0 aliphatic heterocycles. The van der Waals surface area contributed by atoms with E-state index in [2.05, 4.69) is 4.98 Å². The minimum Gasteiger partial charge on any atom is -0.394 e. The van der Waals surface area contributed by atoms with E-state index in [1.54, 1.807) is 5.38 Å². The van der Waals surface area contributed by atoms with Crippen molar-refractivity contribution in [2.45, 2.75) is 13.0 Å². The van der Waals surface area contributed by atoms with E-state index in [1.807, 2.05) is 18.9 Å². The first-order valence-electron chi connectivity index (χ1n) is 3.60. The maximum atomic E-state index is 8.88. The van der Waals surface area contributed by atoms with Gasteiger partial charge in [-0.25, -0.2) is 4.98 Å². The molecule has 0 aliphatic carbocycles. The average Bonchev–Trinajstić information content (AvgIpc) is 2.49. The number of hydrogen-bond donors (Lipinski definition) is 1. The Labute approximate surface area is 80.6 Å². The molecule has 1 aromatic heterocycles. The van der Waals surface area contributed by atoms with Gasteiger partial charge in [-0.1, -0.05) is 11.6 Å². The summed E-state index contributed by atoms with van der Waals surface area (Å²) in [6.07, 6.45) is 0. The third-order valence-corrected chi connectivity index (χ3v) is 2.95. The highest BCUT2D eigenvalue weighted by atomic mass is 35.5. The second kappa shape index (κ2) is 4.07. The lowest BCUT2D eigenvalue weighted by atomic mass is 10.3. The van der Waals surface area contributed by atoms with Crippen LogP contribution in [0.3, 0.4) is 0 Å². The van der Waals surface area contributed by atoms with E-state index in [9.17, 15) is 0 Å². The van der Waals surface area contributed by atoms with E-state index < -0.39 is 0 Å². The molecule has 0 fully saturated rings. The minimum atomic E-state index is 0.0761. The van der Waals surface area contributed by atoms with Crippen molar-refractivity contribution >= 4 is 28.1 Å². The Morgan fingerprint density at radius 2 is 2.50 bits per heavy atom. The van der Waals surface area contributed by atoms with Crippen LogP contribution in [0.5, 0.6) is 0 Å². The van der Waals surface area contributed by atoms with Gasteiger partial charge in [0.2, 0.25) is 0 Å². The molecule has 0 bridgehead atoms. The number of rotatable bonds is 3. The predicted octanol–water partition coefficient (Wildman–Crippen LogP) is 1.61. The lowest BCUT2D eigenvalue weighted by Gasteiger charge is -2.21. The fraction of sp³-hybridized carbons (Fsp3) is 0.571. The van der Waals surface area contributed by atoms with Crippen molar-refractivity contribution in [2.75, 3.05) is 18.6 Å². The molecule has 0 spiro atoms. The van der Waals surface area contributed by atoms with Crippen molar-refractivity contribution in [1.29, 1.82) is 0 Å². The quantitative estimate of drug-likeness (QED) is 0.817. The van der Waals surface area contributed by atoms with Gasteiger partial charge in [0.25, 0.3) is 0 Å². The number of thiazole rings is 1. The van der Waals surface area contributed by atoms with Gasteiger partial charge in [0.1, 0.15) is 5.15 Å². The van der Waals surface area contributed by atoms with Crippen LogP contribution in [-0.2, 0) is 0 Å². The predicted molar refractivity (Wildman–Crippen MR) is 52.1 cm³/mol. The van der Waals surface area contributed by atoms with Gasteiger partial charge in [-0.3, -0.25) is 0 Å². The number of halogens is 1. The van der Waals surface area contributed by atoms with Crippen LogP contribution < -0.4 is 4.90 Å². The van der Waals surface area contributed by atoms with Crippen LogP contribution in [0, 0.1) is 0 Å². The standard InChI is InChI=1S/C7H11ClN2OS/c1-5(3-11)10(2)7-9-6(8)4-12-7/h4-5,11H,3H2,1-2H3. The molecular formula is C7H11ClN2OS. The highest BCUT2D eigenvalue weighted by Crippen LogP contribution is 2.23. The summed E-state index contributed by atoms with van der Waals surface area (Å²) in [4.78, 5) is 5.98. The van der Waals surface area contributed by atoms with Gasteiger partial charge >= 0.3 is 0 Å². The van der Waals surface area contributed by atoms with Crippen LogP contribution in [0.1, 0.15) is 6.92 Å². The summed E-state index contributed by atoms with van der Waals surface area (Å²) >= 11 is 7.14. The first-order chi connectivity index (χ1) is 5.65. The van der Waals surface area contributed by atoms with Gasteiger partial charge in [-0.05, 0) is 6.92 Å². The Morgan fingerprint density at radius 3 is 2.92 bits per heavy atom. The molecule has 0 saturated carbocycles. The Bertz CT molecular complexity index is 253. The normalized spacial score (nSPS) is 13.0. The molecule has 0 amide bonds. The van der Waals surface area contributed by atoms with Crippen molar-refractivity contribution in [1.82, 2.24) is 4.98 Å². The molecule has 12 heavy (non-hydrogen) atoms. The van der Waals surface area contributed by atoms with E-state index in [4.69, 9.17) is 16.7 Å². The molecule has 0 radical (unpaired) electrons. The number of aromatic nitrogens is 1. The van der Waals surface area contributed by atoms with Gasteiger partial charge in [0.05, 0.1) is 12.6 Å². The highest BCUT2D eigenvalue weighted by molar-refractivity contribution is 7.14. The molecule has 5 heteroatoms. The summed E-state index contributed by atoms with van der Waals surface area (Å²) in [5, 5.41) is 12.0. The monoisotopic (exact) mass is 206 g/mol. The molecule has 1 heterocycles. The highest BCUT2D eigenvalue weighted by Gasteiger charge is 2.11. The molecule has 1 aromatic rings. The van der Waals surface area contributed by atoms with E-state index in [1.165, 1.54) is 11.3 Å². The van der Waals surface area contributed by atoms with Gasteiger partial charge in [-0.15, -0.1) is 11.3 Å². The largest absolute Gasteiger partial charge is 0.394 e. The van der Waals surface area contributed by atoms with Crippen molar-refractivity contribution in [2.24, 2.45) is 0 Å². The zero-order valence-corrected chi connectivity index (χ0v) is 8.56. The van der Waals surface area contributed by atoms with E-state index in [-0.39, 0.29) is 12.6 Å². The number of nitrogens with zero attached hydrogens (tertiary/aromatic N) is 2. The van der Waals surface area contributed by atoms with Crippen molar-refractivity contribution in [3.05, 3.63) is 10.5 Å². The molecule has 1 N–H and O–H groups in total. The number of likely N-dealkylation sites (N-methyl/N-ethyl adjacent to an activating group) is 1. The second-order valence-corrected chi connectivity index (χ2v) is 3.82. The molecular weight excluding hydrogens is 196 g/mol. The van der Waals surface area contributed by atoms with Crippen molar-refractivity contribution < 1.29 is 5.11 Å².